The summed E-state index contributed by atoms with van der Waals surface area (Å²) in [6.07, 6.45) is 5.79. The van der Waals surface area contributed by atoms with Crippen LogP contribution in [0.5, 0.6) is 5.75 Å². The molecule has 4 aromatic rings. The number of benzene rings is 2. The Balaban J connectivity index is 1.49. The molecule has 0 bridgehead atoms. The number of pyridine rings is 1. The van der Waals surface area contributed by atoms with Gasteiger partial charge in [-0.3, -0.25) is 14.1 Å². The summed E-state index contributed by atoms with van der Waals surface area (Å²) in [5, 5.41) is 1.11. The summed E-state index contributed by atoms with van der Waals surface area (Å²) in [6, 6.07) is 20.3. The lowest BCUT2D eigenvalue weighted by Crippen LogP contribution is -2.25. The lowest BCUT2D eigenvalue weighted by Gasteiger charge is -2.06. The molecule has 5 nitrogen and oxygen atoms in total. The molecule has 0 spiro atoms. The quantitative estimate of drug-likeness (QED) is 0.393. The van der Waals surface area contributed by atoms with E-state index in [4.69, 9.17) is 9.72 Å². The zero-order chi connectivity index (χ0) is 21.6. The van der Waals surface area contributed by atoms with Gasteiger partial charge >= 0.3 is 5.69 Å². The molecule has 0 aliphatic rings. The van der Waals surface area contributed by atoms with Crippen molar-refractivity contribution in [2.75, 3.05) is 7.11 Å². The Kier molecular flexibility index (Phi) is 6.51. The lowest BCUT2D eigenvalue weighted by molar-refractivity contribution is 0.414. The smallest absolute Gasteiger partial charge is 0.328 e. The molecule has 2 heterocycles. The molecule has 2 aromatic carbocycles. The molecule has 4 rings (SSSR count). The summed E-state index contributed by atoms with van der Waals surface area (Å²) in [5.74, 6) is 0.875. The maximum absolute atomic E-state index is 13.0. The van der Waals surface area contributed by atoms with Gasteiger partial charge in [0.1, 0.15) is 5.75 Å². The number of ether oxygens (including phenoxy) is 1. The molecule has 2 aromatic heterocycles. The molecule has 0 atom stereocenters. The molecule has 0 amide bonds. The van der Waals surface area contributed by atoms with E-state index in [1.165, 1.54) is 5.56 Å². The van der Waals surface area contributed by atoms with E-state index in [9.17, 15) is 4.79 Å². The fourth-order valence-electron chi connectivity index (χ4n) is 3.99. The van der Waals surface area contributed by atoms with E-state index < -0.39 is 0 Å². The van der Waals surface area contributed by atoms with E-state index in [1.54, 1.807) is 11.7 Å². The first-order chi connectivity index (χ1) is 15.2. The van der Waals surface area contributed by atoms with Gasteiger partial charge in [-0.05, 0) is 55.5 Å². The first kappa shape index (κ1) is 20.9. The zero-order valence-corrected chi connectivity index (χ0v) is 18.3. The standard InChI is InChI=1S/C26H29N3O2/c1-3-17-29-23(9-6-7-20-11-15-24(31-2)16-12-20)19-28(26(29)30)18-22-14-13-21-8-4-5-10-25(21)27-22/h4-5,8,10-16,19H,3,6-7,9,17-18H2,1-2H3. The second-order valence-electron chi connectivity index (χ2n) is 7.88. The largest absolute Gasteiger partial charge is 0.497 e. The van der Waals surface area contributed by atoms with E-state index in [0.717, 1.165) is 60.3 Å². The average molecular weight is 416 g/mol. The van der Waals surface area contributed by atoms with Crippen LogP contribution in [0.1, 0.15) is 36.7 Å². The van der Waals surface area contributed by atoms with Crippen LogP contribution in [0.15, 0.2) is 71.7 Å². The van der Waals surface area contributed by atoms with Gasteiger partial charge in [-0.2, -0.15) is 0 Å². The summed E-state index contributed by atoms with van der Waals surface area (Å²) in [6.45, 7) is 3.34. The van der Waals surface area contributed by atoms with Crippen LogP contribution in [-0.4, -0.2) is 21.2 Å². The molecular weight excluding hydrogens is 386 g/mol. The van der Waals surface area contributed by atoms with Gasteiger partial charge in [-0.25, -0.2) is 4.79 Å². The molecule has 0 aliphatic carbocycles. The maximum Gasteiger partial charge on any atom is 0.328 e. The highest BCUT2D eigenvalue weighted by Crippen LogP contribution is 2.15. The molecule has 0 fully saturated rings. The summed E-state index contributed by atoms with van der Waals surface area (Å²) in [7, 11) is 1.68. The monoisotopic (exact) mass is 415 g/mol. The second kappa shape index (κ2) is 9.65. The fourth-order valence-corrected chi connectivity index (χ4v) is 3.99. The Bertz CT molecular complexity index is 1210. The van der Waals surface area contributed by atoms with Crippen LogP contribution in [-0.2, 0) is 25.9 Å². The molecule has 0 unspecified atom stereocenters. The molecule has 0 N–H and O–H groups in total. The maximum atomic E-state index is 13.0. The van der Waals surface area contributed by atoms with Crippen molar-refractivity contribution in [1.29, 1.82) is 0 Å². The third-order valence-electron chi connectivity index (χ3n) is 5.62. The van der Waals surface area contributed by atoms with Crippen LogP contribution in [0.25, 0.3) is 10.9 Å². The normalized spacial score (nSPS) is 11.2. The van der Waals surface area contributed by atoms with Gasteiger partial charge in [0.2, 0.25) is 0 Å². The molecule has 0 saturated heterocycles. The first-order valence-corrected chi connectivity index (χ1v) is 10.9. The minimum Gasteiger partial charge on any atom is -0.497 e. The number of hydrogen-bond acceptors (Lipinski definition) is 3. The van der Waals surface area contributed by atoms with Crippen LogP contribution >= 0.6 is 0 Å². The molecule has 31 heavy (non-hydrogen) atoms. The number of nitrogens with zero attached hydrogens (tertiary/aromatic N) is 3. The minimum absolute atomic E-state index is 0.0521. The van der Waals surface area contributed by atoms with Crippen molar-refractivity contribution in [3.63, 3.8) is 0 Å². The van der Waals surface area contributed by atoms with Gasteiger partial charge in [0.05, 0.1) is 24.9 Å². The number of hydrogen-bond donors (Lipinski definition) is 0. The summed E-state index contributed by atoms with van der Waals surface area (Å²) < 4.78 is 8.95. The second-order valence-corrected chi connectivity index (χ2v) is 7.88. The topological polar surface area (TPSA) is 49.0 Å². The van der Waals surface area contributed by atoms with E-state index >= 15 is 0 Å². The Hall–Kier alpha value is -3.34. The van der Waals surface area contributed by atoms with Crippen molar-refractivity contribution in [3.8, 4) is 5.75 Å². The number of aryl methyl sites for hydroxylation is 2. The third-order valence-corrected chi connectivity index (χ3v) is 5.62. The number of fused-ring (bicyclic) bond motifs is 1. The van der Waals surface area contributed by atoms with Crippen molar-refractivity contribution in [2.24, 2.45) is 0 Å². The lowest BCUT2D eigenvalue weighted by atomic mass is 10.1. The van der Waals surface area contributed by atoms with Gasteiger partial charge in [0.15, 0.2) is 0 Å². The highest BCUT2D eigenvalue weighted by molar-refractivity contribution is 5.78. The van der Waals surface area contributed by atoms with Crippen molar-refractivity contribution >= 4 is 10.9 Å². The average Bonchev–Trinajstić information content (AvgIpc) is 3.09. The van der Waals surface area contributed by atoms with Crippen LogP contribution in [0.3, 0.4) is 0 Å². The Morgan fingerprint density at radius 3 is 2.55 bits per heavy atom. The number of aromatic nitrogens is 3. The Morgan fingerprint density at radius 1 is 0.968 bits per heavy atom. The first-order valence-electron chi connectivity index (χ1n) is 10.9. The van der Waals surface area contributed by atoms with Crippen LogP contribution in [0, 0.1) is 0 Å². The SMILES string of the molecule is CCCn1c(CCCc2ccc(OC)cc2)cn(Cc2ccc3ccccc3n2)c1=O. The number of imidazole rings is 1. The van der Waals surface area contributed by atoms with Gasteiger partial charge in [-0.1, -0.05) is 43.3 Å². The van der Waals surface area contributed by atoms with Gasteiger partial charge in [0, 0.05) is 23.8 Å². The Labute approximate surface area is 182 Å². The molecule has 0 saturated carbocycles. The third kappa shape index (κ3) is 4.88. The highest BCUT2D eigenvalue weighted by atomic mass is 16.5. The van der Waals surface area contributed by atoms with Crippen molar-refractivity contribution < 1.29 is 4.74 Å². The van der Waals surface area contributed by atoms with Crippen molar-refractivity contribution in [3.05, 3.63) is 94.3 Å². The van der Waals surface area contributed by atoms with Gasteiger partial charge in [0.25, 0.3) is 0 Å². The van der Waals surface area contributed by atoms with Gasteiger partial charge < -0.3 is 4.74 Å². The molecule has 0 radical (unpaired) electrons. The number of para-hydroxylation sites is 1. The molecule has 160 valence electrons. The summed E-state index contributed by atoms with van der Waals surface area (Å²) in [4.78, 5) is 17.8. The van der Waals surface area contributed by atoms with Crippen LogP contribution < -0.4 is 10.4 Å². The zero-order valence-electron chi connectivity index (χ0n) is 18.3. The molecule has 0 aliphatic heterocycles. The van der Waals surface area contributed by atoms with E-state index in [-0.39, 0.29) is 5.69 Å². The van der Waals surface area contributed by atoms with Crippen LogP contribution in [0.4, 0.5) is 0 Å². The van der Waals surface area contributed by atoms with E-state index in [0.29, 0.717) is 6.54 Å². The van der Waals surface area contributed by atoms with Crippen molar-refractivity contribution in [2.45, 2.75) is 45.7 Å². The summed E-state index contributed by atoms with van der Waals surface area (Å²) in [5.41, 5.74) is 4.29. The van der Waals surface area contributed by atoms with Crippen molar-refractivity contribution in [1.82, 2.24) is 14.1 Å². The summed E-state index contributed by atoms with van der Waals surface area (Å²) >= 11 is 0. The van der Waals surface area contributed by atoms with E-state index in [2.05, 4.69) is 31.2 Å². The fraction of sp³-hybridized carbons (Fsp3) is 0.308. The Morgan fingerprint density at radius 2 is 1.77 bits per heavy atom. The van der Waals surface area contributed by atoms with Crippen LogP contribution in [0.2, 0.25) is 0 Å². The number of rotatable bonds is 9. The number of methoxy groups -OCH3 is 1. The molecular formula is C26H29N3O2. The highest BCUT2D eigenvalue weighted by Gasteiger charge is 2.12. The minimum atomic E-state index is 0.0521. The van der Waals surface area contributed by atoms with Gasteiger partial charge in [-0.15, -0.1) is 0 Å². The predicted octanol–water partition coefficient (Wildman–Crippen LogP) is 4.84. The van der Waals surface area contributed by atoms with E-state index in [1.807, 2.05) is 47.2 Å². The molecule has 5 heteroatoms. The predicted molar refractivity (Wildman–Crippen MR) is 125 cm³/mol.